The molecule has 8 heteroatoms. The molecule has 0 unspecified atom stereocenters. The van der Waals surface area contributed by atoms with Crippen LogP contribution in [0.3, 0.4) is 0 Å². The smallest absolute Gasteiger partial charge is 0.424 e. The van der Waals surface area contributed by atoms with E-state index in [4.69, 9.17) is 9.47 Å². The number of hydrogen-bond donors (Lipinski definition) is 0. The normalized spacial score (nSPS) is 16.7. The molecule has 0 spiro atoms. The summed E-state index contributed by atoms with van der Waals surface area (Å²) in [6.07, 6.45) is -1.66. The van der Waals surface area contributed by atoms with Crippen LogP contribution in [0.1, 0.15) is 13.8 Å². The van der Waals surface area contributed by atoms with Crippen molar-refractivity contribution in [1.29, 1.82) is 0 Å². The van der Waals surface area contributed by atoms with Crippen molar-refractivity contribution >= 4 is 17.9 Å². The van der Waals surface area contributed by atoms with Crippen molar-refractivity contribution in [2.75, 3.05) is 6.54 Å². The number of rotatable bonds is 2. The first kappa shape index (κ1) is 13.8. The fraction of sp³-hybridized carbons (Fsp3) is 0.333. The molecular weight excluding hydrogens is 268 g/mol. The molecule has 0 aromatic heterocycles. The van der Waals surface area contributed by atoms with Crippen molar-refractivity contribution in [3.63, 3.8) is 0 Å². The molecule has 1 aliphatic heterocycles. The minimum Gasteiger partial charge on any atom is -0.441 e. The number of amides is 2. The van der Waals surface area contributed by atoms with E-state index >= 15 is 0 Å². The van der Waals surface area contributed by atoms with E-state index in [1.54, 1.807) is 13.8 Å². The molecule has 1 aromatic rings. The van der Waals surface area contributed by atoms with Gasteiger partial charge in [-0.2, -0.15) is 0 Å². The number of hydrogen-bond acceptors (Lipinski definition) is 6. The largest absolute Gasteiger partial charge is 0.441 e. The van der Waals surface area contributed by atoms with Crippen LogP contribution >= 0.6 is 0 Å². The quantitative estimate of drug-likeness (QED) is 0.609. The minimum atomic E-state index is -0.880. The van der Waals surface area contributed by atoms with Gasteiger partial charge in [0.15, 0.2) is 0 Å². The third-order valence-electron chi connectivity index (χ3n) is 2.60. The first-order chi connectivity index (χ1) is 9.28. The number of nitro groups is 1. The van der Waals surface area contributed by atoms with E-state index in [2.05, 4.69) is 0 Å². The summed E-state index contributed by atoms with van der Waals surface area (Å²) >= 11 is 0. The van der Waals surface area contributed by atoms with E-state index in [-0.39, 0.29) is 18.0 Å². The number of benzene rings is 1. The molecule has 1 aliphatic rings. The maximum absolute atomic E-state index is 11.8. The molecule has 0 radical (unpaired) electrons. The first-order valence-corrected chi connectivity index (χ1v) is 5.75. The summed E-state index contributed by atoms with van der Waals surface area (Å²) in [6.45, 7) is 3.42. The zero-order chi connectivity index (χ0) is 14.9. The summed E-state index contributed by atoms with van der Waals surface area (Å²) in [4.78, 5) is 34.0. The van der Waals surface area contributed by atoms with Gasteiger partial charge in [-0.3, -0.25) is 10.1 Å². The Hall–Kier alpha value is -2.64. The average Bonchev–Trinajstić information content (AvgIpc) is 2.63. The Labute approximate surface area is 114 Å². The van der Waals surface area contributed by atoms with Gasteiger partial charge in [-0.1, -0.05) is 0 Å². The van der Waals surface area contributed by atoms with E-state index in [1.807, 2.05) is 0 Å². The molecule has 0 atom stereocenters. The van der Waals surface area contributed by atoms with Crippen molar-refractivity contribution in [1.82, 2.24) is 4.90 Å². The standard InChI is InChI=1S/C12H12N2O6/c1-12(2)7-13(11(16)20-12)10(15)19-9-5-3-8(4-6-9)14(17)18/h3-6H,7H2,1-2H3. The van der Waals surface area contributed by atoms with Gasteiger partial charge in [0.1, 0.15) is 11.4 Å². The van der Waals surface area contributed by atoms with Crippen LogP contribution in [-0.2, 0) is 4.74 Å². The van der Waals surface area contributed by atoms with Crippen LogP contribution in [0.4, 0.5) is 15.3 Å². The summed E-state index contributed by atoms with van der Waals surface area (Å²) < 4.78 is 9.93. The van der Waals surface area contributed by atoms with Crippen LogP contribution in [0, 0.1) is 10.1 Å². The summed E-state index contributed by atoms with van der Waals surface area (Å²) in [5, 5.41) is 10.5. The van der Waals surface area contributed by atoms with Crippen LogP contribution in [0.5, 0.6) is 5.75 Å². The lowest BCUT2D eigenvalue weighted by Gasteiger charge is -2.14. The number of cyclic esters (lactones) is 1. The Kier molecular flexibility index (Phi) is 3.31. The van der Waals surface area contributed by atoms with Gasteiger partial charge in [-0.25, -0.2) is 14.5 Å². The van der Waals surface area contributed by atoms with Crippen molar-refractivity contribution in [2.45, 2.75) is 19.4 Å². The summed E-state index contributed by atoms with van der Waals surface area (Å²) in [5.41, 5.74) is -0.877. The number of nitro benzene ring substituents is 1. The second-order valence-corrected chi connectivity index (χ2v) is 4.83. The minimum absolute atomic E-state index is 0.0810. The van der Waals surface area contributed by atoms with Gasteiger partial charge in [0.25, 0.3) is 5.69 Å². The highest BCUT2D eigenvalue weighted by molar-refractivity contribution is 5.90. The number of ether oxygens (including phenoxy) is 2. The van der Waals surface area contributed by atoms with Gasteiger partial charge in [-0.15, -0.1) is 0 Å². The molecule has 8 nitrogen and oxygen atoms in total. The number of carbonyl (C=O) groups excluding carboxylic acids is 2. The van der Waals surface area contributed by atoms with Gasteiger partial charge >= 0.3 is 12.2 Å². The van der Waals surface area contributed by atoms with Crippen molar-refractivity contribution in [2.24, 2.45) is 0 Å². The zero-order valence-electron chi connectivity index (χ0n) is 10.9. The lowest BCUT2D eigenvalue weighted by Crippen LogP contribution is -2.36. The topological polar surface area (TPSA) is 99.0 Å². The lowest BCUT2D eigenvalue weighted by molar-refractivity contribution is -0.384. The van der Waals surface area contributed by atoms with Crippen LogP contribution in [0.15, 0.2) is 24.3 Å². The summed E-state index contributed by atoms with van der Waals surface area (Å²) in [5.74, 6) is 0.109. The first-order valence-electron chi connectivity index (χ1n) is 5.75. The van der Waals surface area contributed by atoms with E-state index in [0.29, 0.717) is 0 Å². The highest BCUT2D eigenvalue weighted by Gasteiger charge is 2.42. The third kappa shape index (κ3) is 2.85. The van der Waals surface area contributed by atoms with Crippen molar-refractivity contribution < 1.29 is 24.0 Å². The highest BCUT2D eigenvalue weighted by atomic mass is 16.6. The Morgan fingerprint density at radius 2 is 2.00 bits per heavy atom. The Morgan fingerprint density at radius 1 is 1.40 bits per heavy atom. The predicted octanol–water partition coefficient (Wildman–Crippen LogP) is 2.32. The van der Waals surface area contributed by atoms with Gasteiger partial charge in [0.05, 0.1) is 11.5 Å². The molecule has 0 bridgehead atoms. The molecule has 1 aromatic carbocycles. The lowest BCUT2D eigenvalue weighted by atomic mass is 10.1. The molecule has 1 fully saturated rings. The van der Waals surface area contributed by atoms with Gasteiger partial charge in [-0.05, 0) is 26.0 Å². The zero-order valence-corrected chi connectivity index (χ0v) is 10.9. The van der Waals surface area contributed by atoms with Crippen LogP contribution in [0.25, 0.3) is 0 Å². The summed E-state index contributed by atoms with van der Waals surface area (Å²) in [7, 11) is 0. The van der Waals surface area contributed by atoms with E-state index in [9.17, 15) is 19.7 Å². The molecule has 0 N–H and O–H groups in total. The maximum Gasteiger partial charge on any atom is 0.424 e. The molecule has 2 amide bonds. The second kappa shape index (κ2) is 4.80. The summed E-state index contributed by atoms with van der Waals surface area (Å²) in [6, 6.07) is 4.97. The Bertz CT molecular complexity index is 566. The highest BCUT2D eigenvalue weighted by Crippen LogP contribution is 2.23. The average molecular weight is 280 g/mol. The predicted molar refractivity (Wildman–Crippen MR) is 66.4 cm³/mol. The molecule has 106 valence electrons. The Morgan fingerprint density at radius 3 is 2.45 bits per heavy atom. The fourth-order valence-corrected chi connectivity index (χ4v) is 1.70. The number of non-ortho nitro benzene ring substituents is 1. The molecule has 20 heavy (non-hydrogen) atoms. The van der Waals surface area contributed by atoms with Crippen molar-refractivity contribution in [3.8, 4) is 5.75 Å². The SMILES string of the molecule is CC1(C)CN(C(=O)Oc2ccc([N+](=O)[O-])cc2)C(=O)O1. The van der Waals surface area contributed by atoms with Crippen molar-refractivity contribution in [3.05, 3.63) is 34.4 Å². The van der Waals surface area contributed by atoms with Gasteiger partial charge < -0.3 is 9.47 Å². The molecule has 2 rings (SSSR count). The van der Waals surface area contributed by atoms with Crippen LogP contribution in [-0.4, -0.2) is 34.2 Å². The van der Waals surface area contributed by atoms with Gasteiger partial charge in [0.2, 0.25) is 0 Å². The van der Waals surface area contributed by atoms with E-state index in [0.717, 1.165) is 4.90 Å². The van der Waals surface area contributed by atoms with E-state index < -0.39 is 22.7 Å². The second-order valence-electron chi connectivity index (χ2n) is 4.83. The van der Waals surface area contributed by atoms with Crippen LogP contribution in [0.2, 0.25) is 0 Å². The molecule has 0 saturated carbocycles. The molecule has 1 saturated heterocycles. The number of carbonyl (C=O) groups is 2. The molecular formula is C12H12N2O6. The monoisotopic (exact) mass is 280 g/mol. The fourth-order valence-electron chi connectivity index (χ4n) is 1.70. The Balaban J connectivity index is 2.05. The van der Waals surface area contributed by atoms with Crippen LogP contribution < -0.4 is 4.74 Å². The van der Waals surface area contributed by atoms with E-state index in [1.165, 1.54) is 24.3 Å². The molecule has 1 heterocycles. The number of imide groups is 1. The third-order valence-corrected chi connectivity index (χ3v) is 2.60. The maximum atomic E-state index is 11.8. The molecule has 0 aliphatic carbocycles. The number of nitrogens with zero attached hydrogens (tertiary/aromatic N) is 2. The van der Waals surface area contributed by atoms with Gasteiger partial charge in [0, 0.05) is 12.1 Å².